The predicted octanol–water partition coefficient (Wildman–Crippen LogP) is 3.11. The van der Waals surface area contributed by atoms with E-state index in [9.17, 15) is 10.1 Å². The molecule has 0 saturated carbocycles. The molecule has 1 N–H and O–H groups in total. The second-order valence-electron chi connectivity index (χ2n) is 4.68. The Morgan fingerprint density at radius 1 is 1.18 bits per heavy atom. The summed E-state index contributed by atoms with van der Waals surface area (Å²) in [6, 6.07) is 17.0. The van der Waals surface area contributed by atoms with Gasteiger partial charge in [0.05, 0.1) is 11.6 Å². The van der Waals surface area contributed by atoms with Crippen LogP contribution in [0.4, 0.5) is 0 Å². The van der Waals surface area contributed by atoms with Crippen molar-refractivity contribution < 1.29 is 9.90 Å². The fraction of sp³-hybridized carbons (Fsp3) is 0. The zero-order chi connectivity index (χ0) is 15.5. The van der Waals surface area contributed by atoms with Crippen LogP contribution in [0.3, 0.4) is 0 Å². The maximum atomic E-state index is 10.9. The minimum absolute atomic E-state index is 0.0113. The van der Waals surface area contributed by atoms with E-state index in [-0.39, 0.29) is 5.69 Å². The van der Waals surface area contributed by atoms with Gasteiger partial charge in [0.25, 0.3) is 0 Å². The molecular weight excluding hydrogens is 278 g/mol. The molecule has 0 spiro atoms. The summed E-state index contributed by atoms with van der Waals surface area (Å²) in [4.78, 5) is 14.7. The fourth-order valence-corrected chi connectivity index (χ4v) is 2.24. The van der Waals surface area contributed by atoms with Crippen LogP contribution in [0.5, 0.6) is 0 Å². The zero-order valence-electron chi connectivity index (χ0n) is 11.5. The lowest BCUT2D eigenvalue weighted by molar-refractivity contribution is 0.0691. The number of aromatic carboxylic acids is 1. The van der Waals surface area contributed by atoms with Crippen molar-refractivity contribution in [3.05, 3.63) is 72.3 Å². The third-order valence-electron chi connectivity index (χ3n) is 3.30. The van der Waals surface area contributed by atoms with E-state index in [2.05, 4.69) is 11.1 Å². The molecule has 3 aromatic rings. The van der Waals surface area contributed by atoms with Gasteiger partial charge in [-0.15, -0.1) is 0 Å². The van der Waals surface area contributed by atoms with Crippen LogP contribution in [0.2, 0.25) is 0 Å². The summed E-state index contributed by atoms with van der Waals surface area (Å²) in [6.07, 6.45) is 2.91. The average Bonchev–Trinajstić information content (AvgIpc) is 3.05. The Balaban J connectivity index is 2.06. The standard InChI is InChI=1S/C17H11N3O2/c18-9-13-4-1-2-7-15(13)12-5-3-6-14(8-12)20-10-16(17(21)22)19-11-20/h1-8,10-11H,(H,21,22). The highest BCUT2D eigenvalue weighted by molar-refractivity contribution is 5.85. The normalized spacial score (nSPS) is 10.1. The highest BCUT2D eigenvalue weighted by Crippen LogP contribution is 2.25. The number of rotatable bonds is 3. The molecule has 1 heterocycles. The lowest BCUT2D eigenvalue weighted by Crippen LogP contribution is -1.96. The summed E-state index contributed by atoms with van der Waals surface area (Å²) in [5, 5.41) is 18.1. The van der Waals surface area contributed by atoms with Crippen LogP contribution >= 0.6 is 0 Å². The second-order valence-corrected chi connectivity index (χ2v) is 4.68. The Kier molecular flexibility index (Phi) is 3.42. The molecule has 5 nitrogen and oxygen atoms in total. The lowest BCUT2D eigenvalue weighted by atomic mass is 10.00. The van der Waals surface area contributed by atoms with E-state index in [1.807, 2.05) is 42.5 Å². The molecule has 1 aromatic heterocycles. The molecule has 0 bridgehead atoms. The molecule has 106 valence electrons. The number of nitriles is 1. The minimum atomic E-state index is -1.07. The largest absolute Gasteiger partial charge is 0.476 e. The highest BCUT2D eigenvalue weighted by Gasteiger charge is 2.09. The first-order chi connectivity index (χ1) is 10.7. The van der Waals surface area contributed by atoms with Gasteiger partial charge in [-0.05, 0) is 29.3 Å². The number of benzene rings is 2. The molecule has 0 amide bonds. The van der Waals surface area contributed by atoms with Gasteiger partial charge in [-0.2, -0.15) is 5.26 Å². The Labute approximate surface area is 126 Å². The van der Waals surface area contributed by atoms with Gasteiger partial charge in [0.15, 0.2) is 5.69 Å². The molecule has 0 atom stereocenters. The van der Waals surface area contributed by atoms with Crippen molar-refractivity contribution in [2.75, 3.05) is 0 Å². The van der Waals surface area contributed by atoms with Crippen LogP contribution in [0.15, 0.2) is 61.1 Å². The molecule has 2 aromatic carbocycles. The first kappa shape index (κ1) is 13.6. The van der Waals surface area contributed by atoms with Crippen molar-refractivity contribution >= 4 is 5.97 Å². The Bertz CT molecular complexity index is 891. The van der Waals surface area contributed by atoms with E-state index >= 15 is 0 Å². The van der Waals surface area contributed by atoms with Gasteiger partial charge in [-0.1, -0.05) is 30.3 Å². The first-order valence-corrected chi connectivity index (χ1v) is 6.56. The quantitative estimate of drug-likeness (QED) is 0.803. The van der Waals surface area contributed by atoms with Gasteiger partial charge in [0.2, 0.25) is 0 Å². The number of carboxylic acid groups (broad SMARTS) is 1. The summed E-state index contributed by atoms with van der Waals surface area (Å²) in [7, 11) is 0. The Morgan fingerprint density at radius 3 is 2.73 bits per heavy atom. The van der Waals surface area contributed by atoms with Crippen molar-refractivity contribution in [1.82, 2.24) is 9.55 Å². The van der Waals surface area contributed by atoms with Gasteiger partial charge in [-0.25, -0.2) is 9.78 Å². The number of hydrogen-bond acceptors (Lipinski definition) is 3. The summed E-state index contributed by atoms with van der Waals surface area (Å²) < 4.78 is 1.64. The summed E-state index contributed by atoms with van der Waals surface area (Å²) in [6.45, 7) is 0. The van der Waals surface area contributed by atoms with E-state index in [0.29, 0.717) is 5.56 Å². The molecule has 0 aliphatic heterocycles. The van der Waals surface area contributed by atoms with Gasteiger partial charge >= 0.3 is 5.97 Å². The average molecular weight is 289 g/mol. The van der Waals surface area contributed by atoms with Crippen LogP contribution in [0, 0.1) is 11.3 Å². The van der Waals surface area contributed by atoms with Crippen LogP contribution in [0.25, 0.3) is 16.8 Å². The van der Waals surface area contributed by atoms with Crippen molar-refractivity contribution in [2.24, 2.45) is 0 Å². The summed E-state index contributed by atoms with van der Waals surface area (Å²) in [5.74, 6) is -1.07. The Hall–Kier alpha value is -3.39. The summed E-state index contributed by atoms with van der Waals surface area (Å²) in [5.41, 5.74) is 3.09. The second kappa shape index (κ2) is 5.54. The molecule has 0 aliphatic carbocycles. The van der Waals surface area contributed by atoms with Crippen molar-refractivity contribution in [1.29, 1.82) is 5.26 Å². The van der Waals surface area contributed by atoms with Crippen molar-refractivity contribution in [2.45, 2.75) is 0 Å². The van der Waals surface area contributed by atoms with Gasteiger partial charge in [0.1, 0.15) is 6.33 Å². The molecule has 0 aliphatic rings. The number of nitrogens with zero attached hydrogens (tertiary/aromatic N) is 3. The highest BCUT2D eigenvalue weighted by atomic mass is 16.4. The number of carboxylic acids is 1. The molecule has 0 saturated heterocycles. The predicted molar refractivity (Wildman–Crippen MR) is 80.7 cm³/mol. The molecule has 3 rings (SSSR count). The lowest BCUT2D eigenvalue weighted by Gasteiger charge is -2.07. The van der Waals surface area contributed by atoms with Crippen LogP contribution in [-0.4, -0.2) is 20.6 Å². The fourth-order valence-electron chi connectivity index (χ4n) is 2.24. The SMILES string of the molecule is N#Cc1ccccc1-c1cccc(-n2cnc(C(=O)O)c2)c1. The van der Waals surface area contributed by atoms with Crippen LogP contribution in [-0.2, 0) is 0 Å². The number of aromatic nitrogens is 2. The molecule has 0 radical (unpaired) electrons. The zero-order valence-corrected chi connectivity index (χ0v) is 11.5. The van der Waals surface area contributed by atoms with E-state index in [1.54, 1.807) is 10.6 Å². The maximum Gasteiger partial charge on any atom is 0.356 e. The number of hydrogen-bond donors (Lipinski definition) is 1. The third kappa shape index (κ3) is 2.45. The van der Waals surface area contributed by atoms with Crippen LogP contribution < -0.4 is 0 Å². The van der Waals surface area contributed by atoms with E-state index < -0.39 is 5.97 Å². The van der Waals surface area contributed by atoms with E-state index in [1.165, 1.54) is 12.5 Å². The summed E-state index contributed by atoms with van der Waals surface area (Å²) >= 11 is 0. The van der Waals surface area contributed by atoms with Crippen molar-refractivity contribution in [3.8, 4) is 22.9 Å². The monoisotopic (exact) mass is 289 g/mol. The number of carbonyl (C=O) groups is 1. The molecule has 0 unspecified atom stereocenters. The number of imidazole rings is 1. The Morgan fingerprint density at radius 2 is 2.00 bits per heavy atom. The smallest absolute Gasteiger partial charge is 0.356 e. The topological polar surface area (TPSA) is 78.9 Å². The minimum Gasteiger partial charge on any atom is -0.476 e. The van der Waals surface area contributed by atoms with Gasteiger partial charge in [-0.3, -0.25) is 0 Å². The van der Waals surface area contributed by atoms with E-state index in [0.717, 1.165) is 16.8 Å². The van der Waals surface area contributed by atoms with Gasteiger partial charge < -0.3 is 9.67 Å². The third-order valence-corrected chi connectivity index (χ3v) is 3.30. The van der Waals surface area contributed by atoms with Crippen molar-refractivity contribution in [3.63, 3.8) is 0 Å². The van der Waals surface area contributed by atoms with Crippen LogP contribution in [0.1, 0.15) is 16.1 Å². The molecule has 0 fully saturated rings. The molecular formula is C17H11N3O2. The molecule has 22 heavy (non-hydrogen) atoms. The van der Waals surface area contributed by atoms with E-state index in [4.69, 9.17) is 5.11 Å². The van der Waals surface area contributed by atoms with Gasteiger partial charge in [0, 0.05) is 11.9 Å². The molecule has 5 heteroatoms. The first-order valence-electron chi connectivity index (χ1n) is 6.56. The maximum absolute atomic E-state index is 10.9.